The van der Waals surface area contributed by atoms with Crippen molar-refractivity contribution in [3.8, 4) is 6.07 Å². The van der Waals surface area contributed by atoms with Gasteiger partial charge < -0.3 is 10.6 Å². The van der Waals surface area contributed by atoms with E-state index in [-0.39, 0.29) is 34.7 Å². The number of hydrogen-bond donors (Lipinski definition) is 2. The number of aryl methyl sites for hydroxylation is 1. The summed E-state index contributed by atoms with van der Waals surface area (Å²) in [7, 11) is -3.14. The molecule has 176 valence electrons. The molecule has 2 aromatic rings. The maximum Gasteiger partial charge on any atom is 0.253 e. The minimum absolute atomic E-state index is 0.0644. The summed E-state index contributed by atoms with van der Waals surface area (Å²) >= 11 is 9.57. The van der Waals surface area contributed by atoms with Crippen LogP contribution in [0.5, 0.6) is 0 Å². The molecule has 1 fully saturated rings. The van der Waals surface area contributed by atoms with E-state index in [4.69, 9.17) is 11.6 Å². The summed E-state index contributed by atoms with van der Waals surface area (Å²) in [4.78, 5) is 30.5. The molecule has 0 aliphatic carbocycles. The van der Waals surface area contributed by atoms with Crippen molar-refractivity contribution in [1.82, 2.24) is 10.3 Å². The van der Waals surface area contributed by atoms with E-state index in [9.17, 15) is 23.3 Å². The maximum atomic E-state index is 13.3. The summed E-state index contributed by atoms with van der Waals surface area (Å²) < 4.78 is 23.4. The number of sulfone groups is 1. The Hall–Kier alpha value is -3.01. The molecule has 3 heterocycles. The van der Waals surface area contributed by atoms with Gasteiger partial charge in [0.2, 0.25) is 5.91 Å². The molecule has 0 radical (unpaired) electrons. The third-order valence-electron chi connectivity index (χ3n) is 5.33. The average Bonchev–Trinajstić information content (AvgIpc) is 3.15. The Kier molecular flexibility index (Phi) is 6.62. The van der Waals surface area contributed by atoms with Crippen LogP contribution in [0.25, 0.3) is 0 Å². The standard InChI is InChI=1S/C21H18BrClN6O4S/c1-11-5-12(8-24)6-14(20(30)26-13-9-34(32,33)10-13)18(11)27-21(31)16-7-17(22)28-29(16)19-15(23)3-2-4-25-19/h2-6,13,16H,7,9-10H2,1H3,(H,26,30)(H,27,31). The smallest absolute Gasteiger partial charge is 0.253 e. The molecule has 2 amide bonds. The number of amides is 2. The van der Waals surface area contributed by atoms with Gasteiger partial charge in [0.25, 0.3) is 5.91 Å². The van der Waals surface area contributed by atoms with Gasteiger partial charge >= 0.3 is 0 Å². The summed E-state index contributed by atoms with van der Waals surface area (Å²) in [6, 6.07) is 6.87. The van der Waals surface area contributed by atoms with Crippen molar-refractivity contribution >= 4 is 65.3 Å². The van der Waals surface area contributed by atoms with Crippen LogP contribution in [0.15, 0.2) is 35.6 Å². The molecule has 0 spiro atoms. The van der Waals surface area contributed by atoms with Crippen LogP contribution in [0, 0.1) is 18.3 Å². The zero-order valence-electron chi connectivity index (χ0n) is 17.7. The molecule has 2 aliphatic heterocycles. The number of halogens is 2. The Bertz CT molecular complexity index is 1360. The van der Waals surface area contributed by atoms with E-state index in [0.717, 1.165) is 0 Å². The topological polar surface area (TPSA) is 145 Å². The van der Waals surface area contributed by atoms with E-state index in [0.29, 0.717) is 21.0 Å². The summed E-state index contributed by atoms with van der Waals surface area (Å²) in [5.74, 6) is -1.04. The highest BCUT2D eigenvalue weighted by molar-refractivity contribution is 9.18. The van der Waals surface area contributed by atoms with E-state index in [1.54, 1.807) is 25.1 Å². The Morgan fingerprint density at radius 1 is 1.32 bits per heavy atom. The van der Waals surface area contributed by atoms with Crippen LogP contribution < -0.4 is 15.6 Å². The second kappa shape index (κ2) is 9.32. The predicted octanol–water partition coefficient (Wildman–Crippen LogP) is 2.37. The lowest BCUT2D eigenvalue weighted by molar-refractivity contribution is -0.117. The Labute approximate surface area is 209 Å². The molecular weight excluding hydrogens is 548 g/mol. The van der Waals surface area contributed by atoms with Gasteiger partial charge in [-0.15, -0.1) is 0 Å². The Balaban J connectivity index is 1.61. The molecule has 1 saturated heterocycles. The second-order valence-electron chi connectivity index (χ2n) is 7.91. The van der Waals surface area contributed by atoms with Crippen molar-refractivity contribution in [1.29, 1.82) is 5.26 Å². The number of hydrazone groups is 1. The molecular formula is C21H18BrClN6O4S. The van der Waals surface area contributed by atoms with Crippen LogP contribution in [0.1, 0.15) is 27.9 Å². The first-order chi connectivity index (χ1) is 16.1. The van der Waals surface area contributed by atoms with Crippen molar-refractivity contribution < 1.29 is 18.0 Å². The number of carbonyl (C=O) groups excluding carboxylic acids is 2. The average molecular weight is 566 g/mol. The highest BCUT2D eigenvalue weighted by Crippen LogP contribution is 2.32. The number of nitrogens with one attached hydrogen (secondary N) is 2. The van der Waals surface area contributed by atoms with Gasteiger partial charge in [-0.2, -0.15) is 10.4 Å². The number of nitrogens with zero attached hydrogens (tertiary/aromatic N) is 4. The normalized spacial score (nSPS) is 19.1. The largest absolute Gasteiger partial charge is 0.347 e. The number of nitriles is 1. The zero-order valence-corrected chi connectivity index (χ0v) is 20.9. The number of pyridine rings is 1. The minimum Gasteiger partial charge on any atom is -0.347 e. The molecule has 2 aliphatic rings. The van der Waals surface area contributed by atoms with Crippen molar-refractivity contribution in [3.05, 3.63) is 52.2 Å². The number of carbonyl (C=O) groups is 2. The molecule has 4 rings (SSSR count). The van der Waals surface area contributed by atoms with E-state index in [1.807, 2.05) is 6.07 Å². The maximum absolute atomic E-state index is 13.3. The second-order valence-corrected chi connectivity index (χ2v) is 11.4. The van der Waals surface area contributed by atoms with Gasteiger partial charge in [0.05, 0.1) is 45.5 Å². The van der Waals surface area contributed by atoms with Crippen LogP contribution in [-0.4, -0.2) is 53.4 Å². The van der Waals surface area contributed by atoms with Crippen LogP contribution in [0.2, 0.25) is 5.02 Å². The van der Waals surface area contributed by atoms with Crippen LogP contribution in [-0.2, 0) is 14.6 Å². The van der Waals surface area contributed by atoms with E-state index in [2.05, 4.69) is 36.6 Å². The molecule has 1 aromatic carbocycles. The fourth-order valence-electron chi connectivity index (χ4n) is 3.73. The number of aromatic nitrogens is 1. The van der Waals surface area contributed by atoms with Gasteiger partial charge in [-0.25, -0.2) is 18.4 Å². The molecule has 2 N–H and O–H groups in total. The number of anilines is 2. The van der Waals surface area contributed by atoms with E-state index >= 15 is 0 Å². The lowest BCUT2D eigenvalue weighted by Gasteiger charge is -2.27. The van der Waals surface area contributed by atoms with Crippen molar-refractivity contribution in [3.63, 3.8) is 0 Å². The number of benzene rings is 1. The first kappa shape index (κ1) is 24.1. The fraction of sp³-hybridized carbons (Fsp3) is 0.286. The lowest BCUT2D eigenvalue weighted by Crippen LogP contribution is -2.53. The van der Waals surface area contributed by atoms with Gasteiger partial charge in [-0.3, -0.25) is 9.59 Å². The number of hydrogen-bond acceptors (Lipinski definition) is 8. The Morgan fingerprint density at radius 2 is 2.06 bits per heavy atom. The molecule has 34 heavy (non-hydrogen) atoms. The molecule has 1 atom stereocenters. The van der Waals surface area contributed by atoms with Crippen molar-refractivity contribution in [2.45, 2.75) is 25.4 Å². The monoisotopic (exact) mass is 564 g/mol. The summed E-state index contributed by atoms with van der Waals surface area (Å²) in [5.41, 5.74) is 1.02. The number of rotatable bonds is 5. The third kappa shape index (κ3) is 4.91. The summed E-state index contributed by atoms with van der Waals surface area (Å²) in [6.07, 6.45) is 1.78. The molecule has 0 saturated carbocycles. The van der Waals surface area contributed by atoms with Gasteiger partial charge in [-0.05, 0) is 52.7 Å². The predicted molar refractivity (Wildman–Crippen MR) is 131 cm³/mol. The molecule has 1 unspecified atom stereocenters. The van der Waals surface area contributed by atoms with Gasteiger partial charge in [0, 0.05) is 12.6 Å². The molecule has 1 aromatic heterocycles. The first-order valence-corrected chi connectivity index (χ1v) is 13.1. The summed E-state index contributed by atoms with van der Waals surface area (Å²) in [5, 5.41) is 20.8. The van der Waals surface area contributed by atoms with Crippen LogP contribution >= 0.6 is 27.5 Å². The van der Waals surface area contributed by atoms with E-state index in [1.165, 1.54) is 17.3 Å². The van der Waals surface area contributed by atoms with Gasteiger partial charge in [-0.1, -0.05) is 11.6 Å². The molecule has 13 heteroatoms. The fourth-order valence-corrected chi connectivity index (χ4v) is 5.71. The van der Waals surface area contributed by atoms with E-state index < -0.39 is 33.7 Å². The minimum atomic E-state index is -3.14. The van der Waals surface area contributed by atoms with Gasteiger partial charge in [0.15, 0.2) is 15.7 Å². The lowest BCUT2D eigenvalue weighted by atomic mass is 10.0. The van der Waals surface area contributed by atoms with Crippen LogP contribution in [0.4, 0.5) is 11.5 Å². The van der Waals surface area contributed by atoms with Crippen LogP contribution in [0.3, 0.4) is 0 Å². The highest BCUT2D eigenvalue weighted by Gasteiger charge is 2.37. The first-order valence-electron chi connectivity index (χ1n) is 10.1. The van der Waals surface area contributed by atoms with Crippen molar-refractivity contribution in [2.75, 3.05) is 21.8 Å². The third-order valence-corrected chi connectivity index (χ3v) is 7.93. The van der Waals surface area contributed by atoms with Gasteiger partial charge in [0.1, 0.15) is 10.7 Å². The SMILES string of the molecule is Cc1cc(C#N)cc(C(=O)NC2CS(=O)(=O)C2)c1NC(=O)C1CC(Br)=NN1c1ncccc1Cl. The van der Waals surface area contributed by atoms with Crippen molar-refractivity contribution in [2.24, 2.45) is 5.10 Å². The molecule has 0 bridgehead atoms. The Morgan fingerprint density at radius 3 is 2.71 bits per heavy atom. The highest BCUT2D eigenvalue weighted by atomic mass is 79.9. The molecule has 10 nitrogen and oxygen atoms in total. The quantitative estimate of drug-likeness (QED) is 0.566. The summed E-state index contributed by atoms with van der Waals surface area (Å²) in [6.45, 7) is 1.66. The zero-order chi connectivity index (χ0) is 24.6.